The molecule has 0 radical (unpaired) electrons. The van der Waals surface area contributed by atoms with E-state index in [-0.39, 0.29) is 40.1 Å². The second-order valence-electron chi connectivity index (χ2n) is 8.09. The van der Waals surface area contributed by atoms with E-state index in [4.69, 9.17) is 28.4 Å². The molecule has 0 bridgehead atoms. The van der Waals surface area contributed by atoms with Crippen molar-refractivity contribution in [1.29, 1.82) is 0 Å². The van der Waals surface area contributed by atoms with Gasteiger partial charge in [0.15, 0.2) is 26.9 Å². The van der Waals surface area contributed by atoms with Gasteiger partial charge in [0.1, 0.15) is 55.4 Å². The van der Waals surface area contributed by atoms with Crippen LogP contribution in [0.2, 0.25) is 0 Å². The van der Waals surface area contributed by atoms with Gasteiger partial charge in [-0.05, 0) is 42.8 Å². The molecule has 2 aromatic carbocycles. The first-order chi connectivity index (χ1) is 20.1. The van der Waals surface area contributed by atoms with E-state index in [2.05, 4.69) is 48.1 Å². The average Bonchev–Trinajstić information content (AvgIpc) is 2.98. The zero-order chi connectivity index (χ0) is 29.7. The first kappa shape index (κ1) is 32.0. The van der Waals surface area contributed by atoms with E-state index in [1.54, 1.807) is 50.8 Å². The Morgan fingerprint density at radius 2 is 1.05 bits per heavy atom. The molecular weight excluding hydrogens is 524 g/mol. The van der Waals surface area contributed by atoms with Crippen molar-refractivity contribution in [3.8, 4) is 59.6 Å². The van der Waals surface area contributed by atoms with Gasteiger partial charge < -0.3 is 38.2 Å². The smallest absolute Gasteiger partial charge is 0.175 e. The molecule has 2 aromatic rings. The number of benzene rings is 2. The summed E-state index contributed by atoms with van der Waals surface area (Å²) in [5.74, 6) is 11.8. The van der Waals surface area contributed by atoms with Gasteiger partial charge in [0.2, 0.25) is 0 Å². The first-order valence-electron chi connectivity index (χ1n) is 12.7. The minimum Gasteiger partial charge on any atom is -0.488 e. The fourth-order valence-electron chi connectivity index (χ4n) is 3.36. The molecule has 0 fully saturated rings. The predicted molar refractivity (Wildman–Crippen MR) is 157 cm³/mol. The Hall–Kier alpha value is -5.25. The summed E-state index contributed by atoms with van der Waals surface area (Å²) in [5.41, 5.74) is 2.84. The lowest BCUT2D eigenvalue weighted by atomic mass is 10.2. The summed E-state index contributed by atoms with van der Waals surface area (Å²) in [6.45, 7) is 9.57. The van der Waals surface area contributed by atoms with Crippen molar-refractivity contribution in [3.05, 3.63) is 47.5 Å². The van der Waals surface area contributed by atoms with E-state index in [0.29, 0.717) is 22.7 Å². The highest BCUT2D eigenvalue weighted by Gasteiger charge is 2.16. The van der Waals surface area contributed by atoms with Crippen LogP contribution < -0.4 is 19.3 Å². The van der Waals surface area contributed by atoms with Crippen LogP contribution >= 0.6 is 0 Å². The maximum Gasteiger partial charge on any atom is 0.175 e. The summed E-state index contributed by atoms with van der Waals surface area (Å²) in [6.07, 6.45) is 11.1. The molecule has 0 spiro atoms. The standard InChI is InChI=1S/C32H34N2O7/c1-6-14-36-23-33(24-37-15-7-2)29-12-10-27(5)20-31(29)40-18-19-41-32-21-28(22-35)11-13-30(32)34(25-38-16-8-3)26-39-17-9-4/h10-13,20-22H,18-19,23-26H2,1-5H3. The lowest BCUT2D eigenvalue weighted by molar-refractivity contribution is 0.112. The molecular formula is C32H34N2O7. The molecule has 0 N–H and O–H groups in total. The van der Waals surface area contributed by atoms with Gasteiger partial charge in [-0.15, -0.1) is 0 Å². The number of carbonyl (C=O) groups is 1. The molecule has 0 atom stereocenters. The number of aryl methyl sites for hydroxylation is 1. The third kappa shape index (κ3) is 11.2. The summed E-state index contributed by atoms with van der Waals surface area (Å²) in [5, 5.41) is 0. The molecule has 0 amide bonds. The summed E-state index contributed by atoms with van der Waals surface area (Å²) < 4.78 is 33.8. The molecule has 0 aliphatic heterocycles. The van der Waals surface area contributed by atoms with Gasteiger partial charge in [0, 0.05) is 33.3 Å². The van der Waals surface area contributed by atoms with Gasteiger partial charge in [-0.3, -0.25) is 4.79 Å². The van der Waals surface area contributed by atoms with Crippen molar-refractivity contribution in [2.24, 2.45) is 0 Å². The molecule has 0 unspecified atom stereocenters. The van der Waals surface area contributed by atoms with Gasteiger partial charge in [-0.25, -0.2) is 0 Å². The van der Waals surface area contributed by atoms with Crippen molar-refractivity contribution < 1.29 is 33.2 Å². The van der Waals surface area contributed by atoms with E-state index >= 15 is 0 Å². The minimum atomic E-state index is 0.0942. The summed E-state index contributed by atoms with van der Waals surface area (Å²) in [6, 6.07) is 10.9. The van der Waals surface area contributed by atoms with Crippen LogP contribution in [0.5, 0.6) is 11.5 Å². The number of rotatable bonds is 16. The quantitative estimate of drug-likeness (QED) is 0.126. The molecule has 0 aromatic heterocycles. The Kier molecular flexibility index (Phi) is 14.7. The Morgan fingerprint density at radius 3 is 1.46 bits per heavy atom. The summed E-state index contributed by atoms with van der Waals surface area (Å²) in [7, 11) is 0. The Bertz CT molecular complexity index is 1330. The second kappa shape index (κ2) is 18.9. The van der Waals surface area contributed by atoms with Crippen LogP contribution in [-0.4, -0.2) is 46.4 Å². The van der Waals surface area contributed by atoms with Crippen LogP contribution in [0.3, 0.4) is 0 Å². The van der Waals surface area contributed by atoms with Crippen LogP contribution in [0.1, 0.15) is 43.6 Å². The number of anilines is 2. The van der Waals surface area contributed by atoms with Crippen molar-refractivity contribution in [1.82, 2.24) is 0 Å². The van der Waals surface area contributed by atoms with Crippen LogP contribution in [0, 0.1) is 55.0 Å². The summed E-state index contributed by atoms with van der Waals surface area (Å²) >= 11 is 0. The van der Waals surface area contributed by atoms with Crippen molar-refractivity contribution in [2.45, 2.75) is 34.6 Å². The van der Waals surface area contributed by atoms with Crippen LogP contribution in [-0.2, 0) is 18.9 Å². The molecule has 9 nitrogen and oxygen atoms in total. The largest absolute Gasteiger partial charge is 0.488 e. The zero-order valence-corrected chi connectivity index (χ0v) is 24.0. The molecule has 2 rings (SSSR count). The number of aldehydes is 1. The third-order valence-electron chi connectivity index (χ3n) is 5.09. The number of ether oxygens (including phenoxy) is 6. The summed E-state index contributed by atoms with van der Waals surface area (Å²) in [4.78, 5) is 15.0. The minimum absolute atomic E-state index is 0.0942. The van der Waals surface area contributed by atoms with Crippen molar-refractivity contribution in [2.75, 3.05) is 49.9 Å². The number of hydrogen-bond acceptors (Lipinski definition) is 9. The first-order valence-corrected chi connectivity index (χ1v) is 12.7. The Labute approximate surface area is 242 Å². The van der Waals surface area contributed by atoms with E-state index in [0.717, 1.165) is 17.5 Å². The zero-order valence-electron chi connectivity index (χ0n) is 24.0. The Morgan fingerprint density at radius 1 is 0.634 bits per heavy atom. The maximum absolute atomic E-state index is 11.5. The molecule has 0 aliphatic carbocycles. The fraction of sp³-hybridized carbons (Fsp3) is 0.344. The van der Waals surface area contributed by atoms with Crippen LogP contribution in [0.25, 0.3) is 0 Å². The molecule has 214 valence electrons. The number of carbonyl (C=O) groups excluding carboxylic acids is 1. The molecule has 0 saturated heterocycles. The second-order valence-corrected chi connectivity index (χ2v) is 8.09. The highest BCUT2D eigenvalue weighted by molar-refractivity contribution is 5.78. The number of nitrogens with zero attached hydrogens (tertiary/aromatic N) is 2. The highest BCUT2D eigenvalue weighted by Crippen LogP contribution is 2.31. The topological polar surface area (TPSA) is 78.9 Å². The number of hydrogen-bond donors (Lipinski definition) is 0. The van der Waals surface area contributed by atoms with Gasteiger partial charge in [0.05, 0.1) is 11.4 Å². The van der Waals surface area contributed by atoms with E-state index in [1.165, 1.54) is 0 Å². The van der Waals surface area contributed by atoms with E-state index in [9.17, 15) is 4.79 Å². The maximum atomic E-state index is 11.5. The third-order valence-corrected chi connectivity index (χ3v) is 5.09. The molecule has 0 saturated carbocycles. The van der Waals surface area contributed by atoms with E-state index < -0.39 is 0 Å². The lowest BCUT2D eigenvalue weighted by Gasteiger charge is -2.25. The molecule has 9 heteroatoms. The van der Waals surface area contributed by atoms with Gasteiger partial charge in [-0.1, -0.05) is 29.7 Å². The van der Waals surface area contributed by atoms with Gasteiger partial charge in [-0.2, -0.15) is 0 Å². The lowest BCUT2D eigenvalue weighted by Crippen LogP contribution is -2.28. The van der Waals surface area contributed by atoms with E-state index in [1.807, 2.05) is 30.0 Å². The predicted octanol–water partition coefficient (Wildman–Crippen LogP) is 4.70. The van der Waals surface area contributed by atoms with Crippen molar-refractivity contribution in [3.63, 3.8) is 0 Å². The molecule has 41 heavy (non-hydrogen) atoms. The van der Waals surface area contributed by atoms with Gasteiger partial charge in [0.25, 0.3) is 0 Å². The van der Waals surface area contributed by atoms with Crippen LogP contribution in [0.15, 0.2) is 36.4 Å². The van der Waals surface area contributed by atoms with Crippen LogP contribution in [0.4, 0.5) is 11.4 Å². The molecule has 0 heterocycles. The van der Waals surface area contributed by atoms with Crippen molar-refractivity contribution >= 4 is 17.7 Å². The van der Waals surface area contributed by atoms with Gasteiger partial charge >= 0.3 is 0 Å². The normalized spacial score (nSPS) is 9.00. The molecule has 0 aliphatic rings. The monoisotopic (exact) mass is 558 g/mol. The average molecular weight is 559 g/mol. The SMILES string of the molecule is CC#COCN(COC#CC)c1ccc(C)cc1OCCOc1cc(C=O)ccc1N(COC#CC)COC#CC. The fourth-order valence-corrected chi connectivity index (χ4v) is 3.36. The highest BCUT2D eigenvalue weighted by atomic mass is 16.5. The Balaban J connectivity index is 2.21.